The number of carbonyl (C=O) groups is 1. The fourth-order valence-corrected chi connectivity index (χ4v) is 3.93. The molecule has 0 bridgehead atoms. The van der Waals surface area contributed by atoms with Crippen molar-refractivity contribution in [3.63, 3.8) is 0 Å². The van der Waals surface area contributed by atoms with Crippen LogP contribution < -0.4 is 9.47 Å². The van der Waals surface area contributed by atoms with Crippen LogP contribution in [0.1, 0.15) is 37.9 Å². The third kappa shape index (κ3) is 4.77. The highest BCUT2D eigenvalue weighted by molar-refractivity contribution is 6.30. The number of rotatable bonds is 5. The first-order valence-electron chi connectivity index (χ1n) is 10.2. The van der Waals surface area contributed by atoms with Crippen molar-refractivity contribution in [3.8, 4) is 11.5 Å². The number of nitrogens with zero attached hydrogens (tertiary/aromatic N) is 2. The van der Waals surface area contributed by atoms with Gasteiger partial charge in [0.1, 0.15) is 17.8 Å². The second kappa shape index (κ2) is 8.38. The third-order valence-electron chi connectivity index (χ3n) is 5.24. The van der Waals surface area contributed by atoms with Crippen LogP contribution in [0.25, 0.3) is 0 Å². The van der Waals surface area contributed by atoms with Gasteiger partial charge in [0.25, 0.3) is 0 Å². The van der Waals surface area contributed by atoms with Crippen LogP contribution in [0.15, 0.2) is 47.6 Å². The second-order valence-electron chi connectivity index (χ2n) is 8.83. The van der Waals surface area contributed by atoms with Crippen molar-refractivity contribution in [3.05, 3.63) is 63.5 Å². The lowest BCUT2D eigenvalue weighted by molar-refractivity contribution is -0.0230. The number of ether oxygens (including phenoxy) is 3. The summed E-state index contributed by atoms with van der Waals surface area (Å²) in [5, 5.41) is 3.81. The van der Waals surface area contributed by atoms with Gasteiger partial charge in [-0.1, -0.05) is 41.0 Å². The van der Waals surface area contributed by atoms with Crippen molar-refractivity contribution in [2.45, 2.75) is 51.0 Å². The maximum atomic E-state index is 12.1. The fraction of sp³-hybridized carbons (Fsp3) is 0.435. The lowest BCUT2D eigenvalue weighted by atomic mass is 10.1. The molecule has 0 N–H and O–H groups in total. The zero-order valence-corrected chi connectivity index (χ0v) is 18.5. The van der Waals surface area contributed by atoms with Gasteiger partial charge in [0.05, 0.1) is 13.1 Å². The standard InChI is InChI=1S/C23H25ClN2O5/c1-23(2,3)31-22(27)26-12-16(13-26)29-19-11-15(24)8-9-18(19)30-20-10-14-6-4-5-7-17(14)21(20)25-28/h4-9,11,16,20-21H,10,12-13H2,1-3H3. The van der Waals surface area contributed by atoms with Gasteiger partial charge < -0.3 is 19.1 Å². The molecule has 31 heavy (non-hydrogen) atoms. The maximum Gasteiger partial charge on any atom is 0.410 e. The zero-order chi connectivity index (χ0) is 22.2. The van der Waals surface area contributed by atoms with Crippen LogP contribution in [0.4, 0.5) is 4.79 Å². The van der Waals surface area contributed by atoms with Crippen molar-refractivity contribution in [1.29, 1.82) is 0 Å². The number of carbonyl (C=O) groups excluding carboxylic acids is 1. The summed E-state index contributed by atoms with van der Waals surface area (Å²) >= 11 is 6.17. The van der Waals surface area contributed by atoms with Crippen molar-refractivity contribution in [2.24, 2.45) is 5.18 Å². The normalized spacial score (nSPS) is 20.6. The van der Waals surface area contributed by atoms with E-state index in [0.29, 0.717) is 36.0 Å². The van der Waals surface area contributed by atoms with Crippen molar-refractivity contribution >= 4 is 17.7 Å². The Labute approximate surface area is 186 Å². The van der Waals surface area contributed by atoms with Gasteiger partial charge in [-0.25, -0.2) is 4.79 Å². The summed E-state index contributed by atoms with van der Waals surface area (Å²) in [5.74, 6) is 0.966. The Hall–Kier alpha value is -2.80. The third-order valence-corrected chi connectivity index (χ3v) is 5.47. The minimum absolute atomic E-state index is 0.200. The summed E-state index contributed by atoms with van der Waals surface area (Å²) in [6.45, 7) is 6.31. The Morgan fingerprint density at radius 1 is 1.10 bits per heavy atom. The minimum atomic E-state index is -0.578. The maximum absolute atomic E-state index is 12.1. The fourth-order valence-electron chi connectivity index (χ4n) is 3.77. The van der Waals surface area contributed by atoms with E-state index in [2.05, 4.69) is 5.18 Å². The average Bonchev–Trinajstić information content (AvgIpc) is 3.01. The Kier molecular flexibility index (Phi) is 5.79. The van der Waals surface area contributed by atoms with Crippen LogP contribution in [0.3, 0.4) is 0 Å². The van der Waals surface area contributed by atoms with E-state index < -0.39 is 17.7 Å². The number of nitroso groups, excluding NO2 is 1. The van der Waals surface area contributed by atoms with Gasteiger partial charge in [0.2, 0.25) is 0 Å². The molecule has 164 valence electrons. The first kappa shape index (κ1) is 21.4. The molecular formula is C23H25ClN2O5. The van der Waals surface area contributed by atoms with E-state index in [1.807, 2.05) is 45.0 Å². The zero-order valence-electron chi connectivity index (χ0n) is 17.7. The molecule has 0 saturated carbocycles. The molecule has 2 atom stereocenters. The smallest absolute Gasteiger partial charge is 0.410 e. The molecule has 2 aliphatic rings. The van der Waals surface area contributed by atoms with Crippen LogP contribution in [0, 0.1) is 4.91 Å². The summed E-state index contributed by atoms with van der Waals surface area (Å²) in [6.07, 6.45) is -0.393. The second-order valence-corrected chi connectivity index (χ2v) is 9.26. The number of halogens is 1. The predicted molar refractivity (Wildman–Crippen MR) is 117 cm³/mol. The lowest BCUT2D eigenvalue weighted by Gasteiger charge is -2.39. The first-order valence-corrected chi connectivity index (χ1v) is 10.6. The van der Waals surface area contributed by atoms with Gasteiger partial charge in [-0.2, -0.15) is 4.91 Å². The molecule has 0 radical (unpaired) electrons. The van der Waals surface area contributed by atoms with Crippen LogP contribution >= 0.6 is 11.6 Å². The molecule has 4 rings (SSSR count). The summed E-state index contributed by atoms with van der Waals surface area (Å²) in [7, 11) is 0. The van der Waals surface area contributed by atoms with Crippen LogP contribution in [-0.2, 0) is 11.2 Å². The highest BCUT2D eigenvalue weighted by atomic mass is 35.5. The van der Waals surface area contributed by atoms with Crippen molar-refractivity contribution in [2.75, 3.05) is 13.1 Å². The van der Waals surface area contributed by atoms with Crippen LogP contribution in [-0.4, -0.2) is 41.9 Å². The number of fused-ring (bicyclic) bond motifs is 1. The Morgan fingerprint density at radius 2 is 1.84 bits per heavy atom. The van der Waals surface area contributed by atoms with Crippen LogP contribution in [0.5, 0.6) is 11.5 Å². The van der Waals surface area contributed by atoms with Gasteiger partial charge in [-0.05, 0) is 44.0 Å². The Balaban J connectivity index is 1.43. The lowest BCUT2D eigenvalue weighted by Crippen LogP contribution is -2.57. The Morgan fingerprint density at radius 3 is 2.55 bits per heavy atom. The molecule has 7 nitrogen and oxygen atoms in total. The summed E-state index contributed by atoms with van der Waals surface area (Å²) < 4.78 is 17.6. The number of hydrogen-bond donors (Lipinski definition) is 0. The largest absolute Gasteiger partial charge is 0.483 e. The average molecular weight is 445 g/mol. The van der Waals surface area contributed by atoms with Gasteiger partial charge in [-0.15, -0.1) is 0 Å². The molecule has 1 saturated heterocycles. The topological polar surface area (TPSA) is 77.4 Å². The Bertz CT molecular complexity index is 984. The SMILES string of the molecule is CC(C)(C)OC(=O)N1CC(Oc2cc(Cl)ccc2OC2Cc3ccccc3C2N=O)C1. The molecule has 1 aliphatic heterocycles. The summed E-state index contributed by atoms with van der Waals surface area (Å²) in [4.78, 5) is 25.2. The molecule has 2 unspecified atom stereocenters. The van der Waals surface area contributed by atoms with Gasteiger partial charge >= 0.3 is 6.09 Å². The molecule has 2 aromatic rings. The molecule has 1 aliphatic carbocycles. The monoisotopic (exact) mass is 444 g/mol. The van der Waals surface area contributed by atoms with Crippen molar-refractivity contribution < 1.29 is 19.0 Å². The van der Waals surface area contributed by atoms with Gasteiger partial charge in [0.15, 0.2) is 17.5 Å². The van der Waals surface area contributed by atoms with E-state index in [0.717, 1.165) is 11.1 Å². The van der Waals surface area contributed by atoms with Crippen LogP contribution in [0.2, 0.25) is 5.02 Å². The number of likely N-dealkylation sites (tertiary alicyclic amines) is 1. The van der Waals surface area contributed by atoms with E-state index >= 15 is 0 Å². The molecule has 2 aromatic carbocycles. The number of amides is 1. The molecular weight excluding hydrogens is 420 g/mol. The highest BCUT2D eigenvalue weighted by Crippen LogP contribution is 2.40. The number of hydrogen-bond acceptors (Lipinski definition) is 6. The highest BCUT2D eigenvalue weighted by Gasteiger charge is 2.37. The molecule has 1 amide bonds. The first-order chi connectivity index (χ1) is 14.7. The van der Waals surface area contributed by atoms with Gasteiger partial charge in [0, 0.05) is 17.5 Å². The predicted octanol–water partition coefficient (Wildman–Crippen LogP) is 5.15. The summed E-state index contributed by atoms with van der Waals surface area (Å²) in [6, 6.07) is 12.3. The number of benzene rings is 2. The summed E-state index contributed by atoms with van der Waals surface area (Å²) in [5.41, 5.74) is 1.41. The quantitative estimate of drug-likeness (QED) is 0.596. The van der Waals surface area contributed by atoms with E-state index in [-0.39, 0.29) is 12.2 Å². The van der Waals surface area contributed by atoms with E-state index in [1.165, 1.54) is 0 Å². The molecule has 0 aromatic heterocycles. The van der Waals surface area contributed by atoms with Gasteiger partial charge in [-0.3, -0.25) is 0 Å². The molecule has 8 heteroatoms. The minimum Gasteiger partial charge on any atom is -0.483 e. The molecule has 1 heterocycles. The van der Waals surface area contributed by atoms with E-state index in [4.69, 9.17) is 25.8 Å². The molecule has 0 spiro atoms. The van der Waals surface area contributed by atoms with Crippen molar-refractivity contribution in [1.82, 2.24) is 4.90 Å². The van der Waals surface area contributed by atoms with E-state index in [9.17, 15) is 9.70 Å². The molecule has 1 fully saturated rings. The van der Waals surface area contributed by atoms with E-state index in [1.54, 1.807) is 23.1 Å².